The van der Waals surface area contributed by atoms with Gasteiger partial charge in [-0.3, -0.25) is 9.36 Å². The molecule has 26 heavy (non-hydrogen) atoms. The van der Waals surface area contributed by atoms with E-state index < -0.39 is 5.91 Å². The molecule has 2 heterocycles. The first-order chi connectivity index (χ1) is 12.5. The van der Waals surface area contributed by atoms with Crippen LogP contribution >= 0.6 is 0 Å². The molecule has 5 N–H and O–H groups in total. The molecule has 0 aliphatic heterocycles. The van der Waals surface area contributed by atoms with E-state index in [0.29, 0.717) is 23.3 Å². The number of primary amides is 1. The van der Waals surface area contributed by atoms with Gasteiger partial charge in [-0.25, -0.2) is 4.79 Å². The molecular weight excluding hydrogens is 340 g/mol. The van der Waals surface area contributed by atoms with Gasteiger partial charge in [0.1, 0.15) is 12.1 Å². The number of amides is 1. The summed E-state index contributed by atoms with van der Waals surface area (Å²) >= 11 is 0. The summed E-state index contributed by atoms with van der Waals surface area (Å²) in [6.45, 7) is 0.851. The molecule has 3 aromatic rings. The van der Waals surface area contributed by atoms with Crippen molar-refractivity contribution in [2.45, 2.75) is 6.54 Å². The highest BCUT2D eigenvalue weighted by molar-refractivity contribution is 5.92. The van der Waals surface area contributed by atoms with Crippen molar-refractivity contribution in [1.82, 2.24) is 19.5 Å². The number of aromatic amines is 1. The molecule has 1 amide bonds. The van der Waals surface area contributed by atoms with Gasteiger partial charge in [0, 0.05) is 12.7 Å². The lowest BCUT2D eigenvalue weighted by Crippen LogP contribution is -2.18. The minimum Gasteiger partial charge on any atom is -0.461 e. The molecule has 0 saturated heterocycles. The average molecular weight is 358 g/mol. The molecule has 0 saturated carbocycles. The molecule has 136 valence electrons. The van der Waals surface area contributed by atoms with Crippen molar-refractivity contribution in [1.29, 1.82) is 0 Å². The summed E-state index contributed by atoms with van der Waals surface area (Å²) in [6, 6.07) is 6.68. The normalized spacial score (nSPS) is 11.0. The number of hydrogen-bond acceptors (Lipinski definition) is 7. The highest BCUT2D eigenvalue weighted by Crippen LogP contribution is 2.18. The molecule has 3 rings (SSSR count). The van der Waals surface area contributed by atoms with E-state index in [4.69, 9.17) is 20.9 Å². The van der Waals surface area contributed by atoms with E-state index >= 15 is 0 Å². The maximum absolute atomic E-state index is 12.3. The number of nitrogens with zero attached hydrogens (tertiary/aromatic N) is 3. The van der Waals surface area contributed by atoms with E-state index in [1.54, 1.807) is 31.4 Å². The number of ether oxygens (including phenoxy) is 2. The van der Waals surface area contributed by atoms with Gasteiger partial charge in [-0.1, -0.05) is 12.1 Å². The largest absolute Gasteiger partial charge is 0.461 e. The Bertz CT molecular complexity index is 992. The number of carbonyl (C=O) groups excluding carboxylic acids is 1. The number of nitrogens with one attached hydrogen (secondary N) is 1. The number of anilines is 1. The maximum atomic E-state index is 12.3. The average Bonchev–Trinajstić information content (AvgIpc) is 2.92. The fourth-order valence-corrected chi connectivity index (χ4v) is 2.42. The van der Waals surface area contributed by atoms with Gasteiger partial charge >= 0.3 is 11.7 Å². The predicted octanol–water partition coefficient (Wildman–Crippen LogP) is -0.126. The molecule has 0 aliphatic carbocycles. The Labute approximate surface area is 147 Å². The minimum atomic E-state index is -0.515. The Hall–Kier alpha value is -3.40. The number of aromatic nitrogens is 4. The van der Waals surface area contributed by atoms with Crippen molar-refractivity contribution in [3.8, 4) is 6.01 Å². The number of nitrogen functional groups attached to an aromatic ring is 1. The second-order valence-corrected chi connectivity index (χ2v) is 5.51. The Morgan fingerprint density at radius 1 is 1.23 bits per heavy atom. The molecule has 1 aromatic carbocycles. The van der Waals surface area contributed by atoms with Crippen molar-refractivity contribution >= 4 is 22.9 Å². The second kappa shape index (κ2) is 7.23. The fourth-order valence-electron chi connectivity index (χ4n) is 2.42. The summed E-state index contributed by atoms with van der Waals surface area (Å²) in [7, 11) is 1.55. The van der Waals surface area contributed by atoms with Gasteiger partial charge in [0.05, 0.1) is 13.2 Å². The molecule has 0 atom stereocenters. The molecule has 10 nitrogen and oxygen atoms in total. The zero-order valence-electron chi connectivity index (χ0n) is 14.1. The first-order valence-electron chi connectivity index (χ1n) is 7.76. The molecule has 0 spiro atoms. The number of methoxy groups -OCH3 is 1. The smallest absolute Gasteiger partial charge is 0.328 e. The predicted molar refractivity (Wildman–Crippen MR) is 94.0 cm³/mol. The lowest BCUT2D eigenvalue weighted by Gasteiger charge is -2.07. The van der Waals surface area contributed by atoms with Crippen LogP contribution < -0.4 is 21.9 Å². The second-order valence-electron chi connectivity index (χ2n) is 5.51. The van der Waals surface area contributed by atoms with E-state index in [1.807, 2.05) is 0 Å². The first-order valence-corrected chi connectivity index (χ1v) is 7.76. The summed E-state index contributed by atoms with van der Waals surface area (Å²) in [5, 5.41) is 0. The van der Waals surface area contributed by atoms with Crippen LogP contribution in [0.15, 0.2) is 29.1 Å². The van der Waals surface area contributed by atoms with Crippen LogP contribution in [0.25, 0.3) is 11.2 Å². The molecule has 10 heteroatoms. The number of rotatable bonds is 7. The number of hydrogen-bond donors (Lipinski definition) is 3. The van der Waals surface area contributed by atoms with E-state index in [0.717, 1.165) is 5.56 Å². The van der Waals surface area contributed by atoms with E-state index in [9.17, 15) is 9.59 Å². The summed E-state index contributed by atoms with van der Waals surface area (Å²) < 4.78 is 11.7. The van der Waals surface area contributed by atoms with E-state index in [1.165, 1.54) is 4.57 Å². The third kappa shape index (κ3) is 3.49. The monoisotopic (exact) mass is 358 g/mol. The molecule has 0 aliphatic rings. The van der Waals surface area contributed by atoms with Crippen LogP contribution in [0, 0.1) is 0 Å². The number of fused-ring (bicyclic) bond motifs is 1. The van der Waals surface area contributed by atoms with Crippen LogP contribution in [-0.4, -0.2) is 45.7 Å². The maximum Gasteiger partial charge on any atom is 0.328 e. The topological polar surface area (TPSA) is 151 Å². The summed E-state index contributed by atoms with van der Waals surface area (Å²) in [5.41, 5.74) is 12.6. The highest BCUT2D eigenvalue weighted by atomic mass is 16.5. The number of carbonyl (C=O) groups is 1. The van der Waals surface area contributed by atoms with Crippen LogP contribution in [0.5, 0.6) is 6.01 Å². The highest BCUT2D eigenvalue weighted by Gasteiger charge is 2.15. The van der Waals surface area contributed by atoms with Crippen molar-refractivity contribution < 1.29 is 14.3 Å². The van der Waals surface area contributed by atoms with Crippen molar-refractivity contribution in [3.63, 3.8) is 0 Å². The molecule has 2 aromatic heterocycles. The number of H-pyrrole nitrogens is 1. The third-order valence-corrected chi connectivity index (χ3v) is 3.73. The van der Waals surface area contributed by atoms with E-state index in [2.05, 4.69) is 15.0 Å². The minimum absolute atomic E-state index is 0.0591. The van der Waals surface area contributed by atoms with Gasteiger partial charge < -0.3 is 25.9 Å². The first kappa shape index (κ1) is 17.4. The standard InChI is InChI=1S/C16H18N6O4/c1-25-6-7-26-15-20-12(17)11-14(21-15)22(16(24)19-11)8-9-2-4-10(5-3-9)13(18)23/h2-5H,6-8H2,1H3,(H2,18,23)(H,19,24)(H2,17,20,21). The van der Waals surface area contributed by atoms with Gasteiger partial charge in [0.15, 0.2) is 11.5 Å². The van der Waals surface area contributed by atoms with Gasteiger partial charge in [-0.15, -0.1) is 0 Å². The van der Waals surface area contributed by atoms with Crippen LogP contribution in [0.4, 0.5) is 5.82 Å². The molecule has 0 unspecified atom stereocenters. The quantitative estimate of drug-likeness (QED) is 0.498. The molecular formula is C16H18N6O4. The lowest BCUT2D eigenvalue weighted by molar-refractivity contribution is 0.100. The molecule has 0 radical (unpaired) electrons. The Morgan fingerprint density at radius 3 is 2.62 bits per heavy atom. The fraction of sp³-hybridized carbons (Fsp3) is 0.250. The Kier molecular flexibility index (Phi) is 4.85. The zero-order valence-corrected chi connectivity index (χ0v) is 14.1. The molecule has 0 fully saturated rings. The van der Waals surface area contributed by atoms with Crippen LogP contribution in [-0.2, 0) is 11.3 Å². The lowest BCUT2D eigenvalue weighted by atomic mass is 10.1. The van der Waals surface area contributed by atoms with Crippen LogP contribution in [0.3, 0.4) is 0 Å². The van der Waals surface area contributed by atoms with Gasteiger partial charge in [-0.05, 0) is 17.7 Å². The number of nitrogens with two attached hydrogens (primary N) is 2. The van der Waals surface area contributed by atoms with E-state index in [-0.39, 0.29) is 30.7 Å². The van der Waals surface area contributed by atoms with Crippen molar-refractivity contribution in [3.05, 3.63) is 45.9 Å². The van der Waals surface area contributed by atoms with Crippen molar-refractivity contribution in [2.24, 2.45) is 5.73 Å². The zero-order chi connectivity index (χ0) is 18.7. The van der Waals surface area contributed by atoms with Crippen LogP contribution in [0.2, 0.25) is 0 Å². The molecule has 0 bridgehead atoms. The van der Waals surface area contributed by atoms with Crippen LogP contribution in [0.1, 0.15) is 15.9 Å². The summed E-state index contributed by atoms with van der Waals surface area (Å²) in [4.78, 5) is 34.4. The van der Waals surface area contributed by atoms with Gasteiger partial charge in [-0.2, -0.15) is 9.97 Å². The van der Waals surface area contributed by atoms with Gasteiger partial charge in [0.2, 0.25) is 5.91 Å². The summed E-state index contributed by atoms with van der Waals surface area (Å²) in [5.74, 6) is -0.401. The Balaban J connectivity index is 1.95. The summed E-state index contributed by atoms with van der Waals surface area (Å²) in [6.07, 6.45) is 0. The number of benzene rings is 1. The number of imidazole rings is 1. The SMILES string of the molecule is COCCOc1nc(N)c2[nH]c(=O)n(Cc3ccc(C(N)=O)cc3)c2n1. The van der Waals surface area contributed by atoms with Gasteiger partial charge in [0.25, 0.3) is 0 Å². The Morgan fingerprint density at radius 2 is 1.96 bits per heavy atom. The van der Waals surface area contributed by atoms with Crippen molar-refractivity contribution in [2.75, 3.05) is 26.1 Å². The third-order valence-electron chi connectivity index (χ3n) is 3.73.